The van der Waals surface area contributed by atoms with Crippen molar-refractivity contribution in [2.45, 2.75) is 38.4 Å². The van der Waals surface area contributed by atoms with Gasteiger partial charge in [-0.25, -0.2) is 0 Å². The van der Waals surface area contributed by atoms with Crippen molar-refractivity contribution >= 4 is 16.1 Å². The Bertz CT molecular complexity index is 72.1. The Morgan fingerprint density at radius 1 is 1.00 bits per heavy atom. The van der Waals surface area contributed by atoms with Crippen molar-refractivity contribution in [3.05, 3.63) is 6.55 Å². The Kier molecular flexibility index (Phi) is 2.71. The van der Waals surface area contributed by atoms with Crippen molar-refractivity contribution < 1.29 is 0 Å². The summed E-state index contributed by atoms with van der Waals surface area (Å²) in [4.78, 5) is 0. The van der Waals surface area contributed by atoms with Crippen LogP contribution in [0.4, 0.5) is 0 Å². The van der Waals surface area contributed by atoms with Crippen molar-refractivity contribution in [3.63, 3.8) is 0 Å². The summed E-state index contributed by atoms with van der Waals surface area (Å²) in [6.45, 7) is 16.2. The second-order valence-corrected chi connectivity index (χ2v) is 15.8. The molecule has 0 rings (SSSR count). The summed E-state index contributed by atoms with van der Waals surface area (Å²) < 4.78 is 0. The lowest BCUT2D eigenvalue weighted by Crippen LogP contribution is -2.34. The first-order valence-corrected chi connectivity index (χ1v) is 10.7. The molecule has 2 heteroatoms. The first-order valence-electron chi connectivity index (χ1n) is 3.56. The van der Waals surface area contributed by atoms with Gasteiger partial charge in [0.05, 0.1) is 0 Å². The molecule has 0 aliphatic heterocycles. The SMILES string of the molecule is [CH2][Si](C)(C)C[Si](C)(C)C. The topological polar surface area (TPSA) is 0 Å². The molecule has 0 aromatic heterocycles. The minimum absolute atomic E-state index is 0.793. The maximum absolute atomic E-state index is 4.23. The summed E-state index contributed by atoms with van der Waals surface area (Å²) >= 11 is 0. The molecule has 1 radical (unpaired) electrons. The molecule has 0 bridgehead atoms. The van der Waals surface area contributed by atoms with E-state index in [4.69, 9.17) is 0 Å². The third-order valence-corrected chi connectivity index (χ3v) is 9.08. The van der Waals surface area contributed by atoms with Crippen LogP contribution in [0.2, 0.25) is 38.4 Å². The van der Waals surface area contributed by atoms with Crippen molar-refractivity contribution in [1.82, 2.24) is 0 Å². The van der Waals surface area contributed by atoms with Gasteiger partial charge in [0, 0.05) is 16.1 Å². The summed E-state index contributed by atoms with van der Waals surface area (Å²) in [5.74, 6) is 0. The number of rotatable bonds is 2. The van der Waals surface area contributed by atoms with Crippen LogP contribution in [0.1, 0.15) is 0 Å². The van der Waals surface area contributed by atoms with Crippen LogP contribution >= 0.6 is 0 Å². The highest BCUT2D eigenvalue weighted by Gasteiger charge is 2.23. The summed E-state index contributed by atoms with van der Waals surface area (Å²) in [6.07, 6.45) is 0. The van der Waals surface area contributed by atoms with Crippen LogP contribution in [-0.2, 0) is 0 Å². The molecule has 0 unspecified atom stereocenters. The quantitative estimate of drug-likeness (QED) is 0.544. The zero-order valence-electron chi connectivity index (χ0n) is 7.41. The second kappa shape index (κ2) is 2.58. The van der Waals surface area contributed by atoms with Gasteiger partial charge in [0.2, 0.25) is 0 Å². The zero-order valence-corrected chi connectivity index (χ0v) is 9.41. The van der Waals surface area contributed by atoms with E-state index in [1.165, 1.54) is 5.67 Å². The Morgan fingerprint density at radius 3 is 1.33 bits per heavy atom. The molecule has 0 spiro atoms. The molecule has 0 aliphatic rings. The second-order valence-electron chi connectivity index (χ2n) is 4.90. The van der Waals surface area contributed by atoms with Gasteiger partial charge in [-0.1, -0.05) is 44.9 Å². The van der Waals surface area contributed by atoms with E-state index in [2.05, 4.69) is 39.3 Å². The number of hydrogen-bond donors (Lipinski definition) is 0. The van der Waals surface area contributed by atoms with E-state index in [9.17, 15) is 0 Å². The molecule has 0 saturated heterocycles. The van der Waals surface area contributed by atoms with Crippen molar-refractivity contribution in [2.75, 3.05) is 0 Å². The van der Waals surface area contributed by atoms with Gasteiger partial charge in [-0.15, -0.1) is 0 Å². The third kappa shape index (κ3) is 8.43. The molecular weight excluding hydrogens is 140 g/mol. The smallest absolute Gasteiger partial charge is 0.0444 e. The van der Waals surface area contributed by atoms with Gasteiger partial charge in [-0.2, -0.15) is 0 Å². The summed E-state index contributed by atoms with van der Waals surface area (Å²) in [5.41, 5.74) is 1.46. The fraction of sp³-hybridized carbons (Fsp3) is 0.857. The van der Waals surface area contributed by atoms with E-state index in [-0.39, 0.29) is 0 Å². The van der Waals surface area contributed by atoms with E-state index < -0.39 is 16.1 Å². The van der Waals surface area contributed by atoms with Crippen LogP contribution in [0.15, 0.2) is 0 Å². The molecule has 0 nitrogen and oxygen atoms in total. The van der Waals surface area contributed by atoms with Crippen LogP contribution in [0, 0.1) is 6.55 Å². The maximum atomic E-state index is 4.23. The van der Waals surface area contributed by atoms with E-state index in [1.807, 2.05) is 0 Å². The Balaban J connectivity index is 3.75. The zero-order chi connectivity index (χ0) is 7.71. The van der Waals surface area contributed by atoms with Gasteiger partial charge in [0.1, 0.15) is 0 Å². The summed E-state index contributed by atoms with van der Waals surface area (Å²) in [6, 6.07) is 0. The highest BCUT2D eigenvalue weighted by atomic mass is 28.4. The van der Waals surface area contributed by atoms with Gasteiger partial charge < -0.3 is 0 Å². The first kappa shape index (κ1) is 9.43. The molecular formula is C7H19Si2. The first-order chi connectivity index (χ1) is 3.71. The summed E-state index contributed by atoms with van der Waals surface area (Å²) in [7, 11) is -1.77. The average molecular weight is 159 g/mol. The molecule has 9 heavy (non-hydrogen) atoms. The molecule has 0 aromatic carbocycles. The van der Waals surface area contributed by atoms with Crippen molar-refractivity contribution in [1.29, 1.82) is 0 Å². The predicted molar refractivity (Wildman–Crippen MR) is 51.0 cm³/mol. The number of hydrogen-bond acceptors (Lipinski definition) is 0. The van der Waals surface area contributed by atoms with E-state index in [0.717, 1.165) is 0 Å². The van der Waals surface area contributed by atoms with E-state index >= 15 is 0 Å². The molecule has 0 saturated carbocycles. The van der Waals surface area contributed by atoms with E-state index in [0.29, 0.717) is 0 Å². The van der Waals surface area contributed by atoms with Gasteiger partial charge >= 0.3 is 0 Å². The highest BCUT2D eigenvalue weighted by Crippen LogP contribution is 2.17. The molecule has 0 heterocycles. The standard InChI is InChI=1S/C7H19Si2/c1-8(2,3)7-9(4,5)6/h1,7H2,2-6H3. The lowest BCUT2D eigenvalue weighted by atomic mass is 11.7. The fourth-order valence-electron chi connectivity index (χ4n) is 1.44. The molecule has 0 aliphatic carbocycles. The van der Waals surface area contributed by atoms with Crippen LogP contribution in [0.3, 0.4) is 0 Å². The predicted octanol–water partition coefficient (Wildman–Crippen LogP) is 2.95. The van der Waals surface area contributed by atoms with Gasteiger partial charge in [-0.05, 0) is 0 Å². The summed E-state index contributed by atoms with van der Waals surface area (Å²) in [5, 5.41) is 0. The van der Waals surface area contributed by atoms with E-state index in [1.54, 1.807) is 0 Å². The molecule has 0 fully saturated rings. The molecule has 0 amide bonds. The van der Waals surface area contributed by atoms with Gasteiger partial charge in [0.15, 0.2) is 0 Å². The fourth-order valence-corrected chi connectivity index (χ4v) is 12.9. The average Bonchev–Trinajstić information content (AvgIpc) is 1.14. The lowest BCUT2D eigenvalue weighted by Gasteiger charge is -2.25. The highest BCUT2D eigenvalue weighted by molar-refractivity contribution is 6.95. The maximum Gasteiger partial charge on any atom is 0.0444 e. The monoisotopic (exact) mass is 159 g/mol. The van der Waals surface area contributed by atoms with Gasteiger partial charge in [0.25, 0.3) is 0 Å². The molecule has 0 N–H and O–H groups in total. The van der Waals surface area contributed by atoms with Crippen LogP contribution < -0.4 is 0 Å². The Hall–Kier alpha value is 0.434. The van der Waals surface area contributed by atoms with Gasteiger partial charge in [-0.3, -0.25) is 0 Å². The van der Waals surface area contributed by atoms with Crippen LogP contribution in [0.25, 0.3) is 0 Å². The normalized spacial score (nSPS) is 14.0. The minimum atomic E-state index is -0.981. The van der Waals surface area contributed by atoms with Crippen molar-refractivity contribution in [2.24, 2.45) is 0 Å². The Morgan fingerprint density at radius 2 is 1.33 bits per heavy atom. The molecule has 55 valence electrons. The van der Waals surface area contributed by atoms with Crippen LogP contribution in [-0.4, -0.2) is 16.1 Å². The third-order valence-electron chi connectivity index (χ3n) is 1.01. The molecule has 0 aromatic rings. The lowest BCUT2D eigenvalue weighted by molar-refractivity contribution is 1.54. The minimum Gasteiger partial charge on any atom is -0.0698 e. The molecule has 0 atom stereocenters. The van der Waals surface area contributed by atoms with Crippen molar-refractivity contribution in [3.8, 4) is 0 Å². The van der Waals surface area contributed by atoms with Crippen LogP contribution in [0.5, 0.6) is 0 Å². The Labute approximate surface area is 61.7 Å². The largest absolute Gasteiger partial charge is 0.0698 e.